The molecule has 1 aliphatic rings. The molecule has 1 amide bonds. The van der Waals surface area contributed by atoms with Crippen LogP contribution in [0.1, 0.15) is 56.8 Å². The molecule has 1 N–H and O–H groups in total. The Morgan fingerprint density at radius 3 is 2.08 bits per heavy atom. The molecule has 0 saturated carbocycles. The molecular formula is C35H28F7NO5. The van der Waals surface area contributed by atoms with E-state index in [1.54, 1.807) is 32.0 Å². The Kier molecular flexibility index (Phi) is 8.93. The van der Waals surface area contributed by atoms with Gasteiger partial charge in [-0.05, 0) is 78.9 Å². The molecule has 4 aromatic carbocycles. The fourth-order valence-electron chi connectivity index (χ4n) is 5.83. The van der Waals surface area contributed by atoms with Gasteiger partial charge in [0.1, 0.15) is 17.7 Å². The minimum Gasteiger partial charge on any atom is -0.496 e. The standard InChI is InChI=1S/C35H28F7NO5/c1-17-5-7-26(28-14-27(29(36)15-30(28)47-4)20-6-8-25(32(44)45)18(2)10-20)22(9-17)16-43-19(3)31(48-33(43)46)21-11-23(34(37,38)39)13-24(12-21)35(40,41)42/h5-15,19,31H,16H2,1-4H3,(H,44,45)/t19-,31-/m0/s1. The molecular weight excluding hydrogens is 647 g/mol. The Hall–Kier alpha value is -5.07. The summed E-state index contributed by atoms with van der Waals surface area (Å²) in [7, 11) is 1.34. The number of amides is 1. The number of ether oxygens (including phenoxy) is 2. The number of aromatic carboxylic acids is 1. The van der Waals surface area contributed by atoms with Crippen molar-refractivity contribution in [2.24, 2.45) is 0 Å². The zero-order chi connectivity index (χ0) is 35.3. The molecule has 0 radical (unpaired) electrons. The summed E-state index contributed by atoms with van der Waals surface area (Å²) in [5.74, 6) is -1.64. The predicted octanol–water partition coefficient (Wildman–Crippen LogP) is 9.60. The summed E-state index contributed by atoms with van der Waals surface area (Å²) in [4.78, 5) is 25.8. The molecule has 6 nitrogen and oxygen atoms in total. The fraction of sp³-hybridized carbons (Fsp3) is 0.257. The van der Waals surface area contributed by atoms with Gasteiger partial charge in [0, 0.05) is 17.2 Å². The third-order valence-corrected chi connectivity index (χ3v) is 8.28. The molecule has 0 bridgehead atoms. The van der Waals surface area contributed by atoms with E-state index in [9.17, 15) is 41.0 Å². The number of hydrogen-bond donors (Lipinski definition) is 1. The van der Waals surface area contributed by atoms with Crippen molar-refractivity contribution in [2.75, 3.05) is 7.11 Å². The Labute approximate surface area is 270 Å². The quantitative estimate of drug-likeness (QED) is 0.198. The van der Waals surface area contributed by atoms with Gasteiger partial charge in [0.25, 0.3) is 0 Å². The highest BCUT2D eigenvalue weighted by Gasteiger charge is 2.43. The molecule has 1 saturated heterocycles. The molecule has 13 heteroatoms. The Morgan fingerprint density at radius 1 is 0.875 bits per heavy atom. The first-order valence-electron chi connectivity index (χ1n) is 14.5. The maximum atomic E-state index is 15.4. The van der Waals surface area contributed by atoms with Gasteiger partial charge in [-0.1, -0.05) is 35.9 Å². The minimum absolute atomic E-state index is 0.00783. The van der Waals surface area contributed by atoms with Crippen molar-refractivity contribution < 1.29 is 54.9 Å². The fourth-order valence-corrected chi connectivity index (χ4v) is 5.83. The molecule has 252 valence electrons. The van der Waals surface area contributed by atoms with E-state index in [4.69, 9.17) is 9.47 Å². The van der Waals surface area contributed by atoms with Gasteiger partial charge in [0.15, 0.2) is 0 Å². The van der Waals surface area contributed by atoms with E-state index in [-0.39, 0.29) is 29.5 Å². The monoisotopic (exact) mass is 675 g/mol. The van der Waals surface area contributed by atoms with E-state index in [2.05, 4.69) is 0 Å². The van der Waals surface area contributed by atoms with Crippen LogP contribution in [-0.4, -0.2) is 35.2 Å². The second kappa shape index (κ2) is 12.5. The van der Waals surface area contributed by atoms with Crippen molar-refractivity contribution in [3.05, 3.63) is 111 Å². The van der Waals surface area contributed by atoms with Crippen LogP contribution in [0.2, 0.25) is 0 Å². The van der Waals surface area contributed by atoms with Crippen LogP contribution in [0.25, 0.3) is 22.3 Å². The zero-order valence-corrected chi connectivity index (χ0v) is 25.9. The lowest BCUT2D eigenvalue weighted by Gasteiger charge is -2.24. The van der Waals surface area contributed by atoms with Crippen LogP contribution < -0.4 is 4.74 Å². The van der Waals surface area contributed by atoms with Crippen molar-refractivity contribution in [1.29, 1.82) is 0 Å². The SMILES string of the molecule is COc1cc(F)c(-c2ccc(C(=O)O)c(C)c2)cc1-c1ccc(C)cc1CN1C(=O)O[C@H](c2cc(C(F)(F)F)cc(C(F)(F)F)c2)[C@@H]1C. The average molecular weight is 676 g/mol. The Balaban J connectivity index is 1.55. The summed E-state index contributed by atoms with van der Waals surface area (Å²) >= 11 is 0. The highest BCUT2D eigenvalue weighted by Crippen LogP contribution is 2.43. The summed E-state index contributed by atoms with van der Waals surface area (Å²) in [5.41, 5.74) is -0.337. The molecule has 0 aliphatic carbocycles. The maximum Gasteiger partial charge on any atom is 0.416 e. The smallest absolute Gasteiger partial charge is 0.416 e. The van der Waals surface area contributed by atoms with Crippen LogP contribution in [0.3, 0.4) is 0 Å². The first kappa shape index (κ1) is 34.3. The topological polar surface area (TPSA) is 76.1 Å². The van der Waals surface area contributed by atoms with Crippen LogP contribution in [0.15, 0.2) is 66.7 Å². The predicted molar refractivity (Wildman–Crippen MR) is 161 cm³/mol. The van der Waals surface area contributed by atoms with E-state index in [1.807, 2.05) is 0 Å². The molecule has 1 heterocycles. The molecule has 1 aliphatic heterocycles. The van der Waals surface area contributed by atoms with Crippen molar-refractivity contribution in [1.82, 2.24) is 4.90 Å². The summed E-state index contributed by atoms with van der Waals surface area (Å²) in [6, 6.07) is 12.4. The second-order valence-electron chi connectivity index (χ2n) is 11.5. The first-order valence-corrected chi connectivity index (χ1v) is 14.5. The number of carboxylic acid groups (broad SMARTS) is 1. The molecule has 48 heavy (non-hydrogen) atoms. The van der Waals surface area contributed by atoms with Crippen LogP contribution in [0.4, 0.5) is 35.5 Å². The number of methoxy groups -OCH3 is 1. The van der Waals surface area contributed by atoms with Gasteiger partial charge in [0.05, 0.1) is 36.4 Å². The summed E-state index contributed by atoms with van der Waals surface area (Å²) in [6.45, 7) is 4.66. The van der Waals surface area contributed by atoms with E-state index in [1.165, 1.54) is 49.3 Å². The molecule has 0 unspecified atom stereocenters. The van der Waals surface area contributed by atoms with Crippen LogP contribution >= 0.6 is 0 Å². The number of carbonyl (C=O) groups excluding carboxylic acids is 1. The number of cyclic esters (lactones) is 1. The van der Waals surface area contributed by atoms with E-state index in [0.717, 1.165) is 5.56 Å². The molecule has 1 fully saturated rings. The van der Waals surface area contributed by atoms with E-state index in [0.29, 0.717) is 39.9 Å². The summed E-state index contributed by atoms with van der Waals surface area (Å²) in [6.07, 6.45) is -12.6. The number of halogens is 7. The Bertz CT molecular complexity index is 1890. The number of aryl methyl sites for hydroxylation is 2. The average Bonchev–Trinajstić information content (AvgIpc) is 3.28. The number of benzene rings is 4. The van der Waals surface area contributed by atoms with Gasteiger partial charge in [-0.2, -0.15) is 26.3 Å². The third-order valence-electron chi connectivity index (χ3n) is 8.28. The zero-order valence-electron chi connectivity index (χ0n) is 25.9. The van der Waals surface area contributed by atoms with Crippen molar-refractivity contribution in [3.8, 4) is 28.0 Å². The van der Waals surface area contributed by atoms with Crippen molar-refractivity contribution in [3.63, 3.8) is 0 Å². The van der Waals surface area contributed by atoms with Crippen LogP contribution in [0, 0.1) is 19.7 Å². The molecule has 0 aromatic heterocycles. The first-order chi connectivity index (χ1) is 22.4. The van der Waals surface area contributed by atoms with Gasteiger partial charge in [-0.25, -0.2) is 14.0 Å². The number of nitrogens with zero attached hydrogens (tertiary/aromatic N) is 1. The molecule has 0 spiro atoms. The lowest BCUT2D eigenvalue weighted by Crippen LogP contribution is -2.31. The lowest BCUT2D eigenvalue weighted by atomic mass is 9.92. The van der Waals surface area contributed by atoms with Gasteiger partial charge in [-0.3, -0.25) is 4.90 Å². The highest BCUT2D eigenvalue weighted by molar-refractivity contribution is 5.90. The van der Waals surface area contributed by atoms with Gasteiger partial charge < -0.3 is 14.6 Å². The normalized spacial score (nSPS) is 16.6. The highest BCUT2D eigenvalue weighted by atomic mass is 19.4. The number of alkyl halides is 6. The second-order valence-corrected chi connectivity index (χ2v) is 11.5. The summed E-state index contributed by atoms with van der Waals surface area (Å²) < 4.78 is 108. The van der Waals surface area contributed by atoms with Gasteiger partial charge >= 0.3 is 24.4 Å². The van der Waals surface area contributed by atoms with E-state index < -0.39 is 59.1 Å². The molecule has 2 atom stereocenters. The number of carboxylic acids is 1. The number of rotatable bonds is 7. The largest absolute Gasteiger partial charge is 0.496 e. The van der Waals surface area contributed by atoms with Crippen molar-refractivity contribution >= 4 is 12.1 Å². The van der Waals surface area contributed by atoms with E-state index >= 15 is 4.39 Å². The lowest BCUT2D eigenvalue weighted by molar-refractivity contribution is -0.143. The molecule has 5 rings (SSSR count). The van der Waals surface area contributed by atoms with Gasteiger partial charge in [-0.15, -0.1) is 0 Å². The number of carbonyl (C=O) groups is 2. The minimum atomic E-state index is -5.08. The number of hydrogen-bond acceptors (Lipinski definition) is 4. The Morgan fingerprint density at radius 2 is 1.52 bits per heavy atom. The van der Waals surface area contributed by atoms with Crippen LogP contribution in [-0.2, 0) is 23.6 Å². The van der Waals surface area contributed by atoms with Crippen LogP contribution in [0.5, 0.6) is 5.75 Å². The van der Waals surface area contributed by atoms with Gasteiger partial charge in [0.2, 0.25) is 0 Å². The maximum absolute atomic E-state index is 15.4. The summed E-state index contributed by atoms with van der Waals surface area (Å²) in [5, 5.41) is 9.40. The van der Waals surface area contributed by atoms with Crippen molar-refractivity contribution in [2.45, 2.75) is 51.8 Å². The molecule has 4 aromatic rings. The third kappa shape index (κ3) is 6.67.